The summed E-state index contributed by atoms with van der Waals surface area (Å²) in [6.45, 7) is 0. The Balaban J connectivity index is 1.61. The van der Waals surface area contributed by atoms with Gasteiger partial charge in [-0.05, 0) is 60.8 Å². The number of benzene rings is 2. The van der Waals surface area contributed by atoms with Crippen LogP contribution in [-0.2, 0) is 6.42 Å². The number of likely N-dealkylation sites (N-methyl/N-ethyl adjacent to an activating group) is 1. The fourth-order valence-corrected chi connectivity index (χ4v) is 3.58. The van der Waals surface area contributed by atoms with Crippen molar-refractivity contribution in [2.75, 3.05) is 7.05 Å². The van der Waals surface area contributed by atoms with Gasteiger partial charge in [0, 0.05) is 18.0 Å². The summed E-state index contributed by atoms with van der Waals surface area (Å²) in [6.07, 6.45) is 5.67. The summed E-state index contributed by atoms with van der Waals surface area (Å²) in [5.74, 6) is 0.729. The number of nitrogens with zero attached hydrogens (tertiary/aromatic N) is 1. The summed E-state index contributed by atoms with van der Waals surface area (Å²) >= 11 is 0. The molecule has 0 unspecified atom stereocenters. The zero-order chi connectivity index (χ0) is 17.9. The normalized spacial score (nSPS) is 17.2. The smallest absolute Gasteiger partial charge is 0.123 e. The number of rotatable bonds is 4. The number of para-hydroxylation sites is 1. The van der Waals surface area contributed by atoms with Gasteiger partial charge in [-0.1, -0.05) is 30.3 Å². The Labute approximate surface area is 152 Å². The number of fused-ring (bicyclic) bond motifs is 1. The van der Waals surface area contributed by atoms with E-state index in [9.17, 15) is 4.39 Å². The first-order chi connectivity index (χ1) is 12.7. The minimum atomic E-state index is -0.236. The molecule has 4 rings (SSSR count). The molecule has 3 aromatic rings. The standard InChI is InChI=1S/C22H21FN2O/c1-24-22(21-11-8-16-4-2-3-5-20(16)26-21)18-12-17(13-25-14-18)15-6-9-19(23)10-7-15/h2-7,9-10,12-14,21-22,24H,8,11H2,1H3/t21-,22-/m1/s1. The molecule has 0 radical (unpaired) electrons. The first kappa shape index (κ1) is 16.7. The minimum Gasteiger partial charge on any atom is -0.488 e. The van der Waals surface area contributed by atoms with Crippen LogP contribution in [0, 0.1) is 5.82 Å². The molecular weight excluding hydrogens is 327 g/mol. The third-order valence-electron chi connectivity index (χ3n) is 4.93. The lowest BCUT2D eigenvalue weighted by Gasteiger charge is -2.32. The Kier molecular flexibility index (Phi) is 4.67. The van der Waals surface area contributed by atoms with Crippen LogP contribution in [0.25, 0.3) is 11.1 Å². The number of ether oxygens (including phenoxy) is 1. The second kappa shape index (κ2) is 7.26. The fourth-order valence-electron chi connectivity index (χ4n) is 3.58. The first-order valence-corrected chi connectivity index (χ1v) is 8.87. The van der Waals surface area contributed by atoms with Gasteiger partial charge in [-0.25, -0.2) is 4.39 Å². The predicted molar refractivity (Wildman–Crippen MR) is 101 cm³/mol. The summed E-state index contributed by atoms with van der Waals surface area (Å²) in [7, 11) is 1.94. The van der Waals surface area contributed by atoms with Crippen LogP contribution in [0.15, 0.2) is 67.0 Å². The van der Waals surface area contributed by atoms with Gasteiger partial charge in [0.05, 0.1) is 6.04 Å². The third kappa shape index (κ3) is 3.33. The number of aryl methyl sites for hydroxylation is 1. The van der Waals surface area contributed by atoms with Gasteiger partial charge in [0.1, 0.15) is 17.7 Å². The molecule has 4 heteroatoms. The van der Waals surface area contributed by atoms with Crippen LogP contribution in [0.3, 0.4) is 0 Å². The average molecular weight is 348 g/mol. The Morgan fingerprint density at radius 2 is 1.88 bits per heavy atom. The molecule has 0 aliphatic carbocycles. The molecule has 1 N–H and O–H groups in total. The van der Waals surface area contributed by atoms with E-state index in [0.29, 0.717) is 0 Å². The Hall–Kier alpha value is -2.72. The molecule has 0 saturated carbocycles. The lowest BCUT2D eigenvalue weighted by atomic mass is 9.93. The first-order valence-electron chi connectivity index (χ1n) is 8.87. The van der Waals surface area contributed by atoms with Crippen LogP contribution in [-0.4, -0.2) is 18.1 Å². The lowest BCUT2D eigenvalue weighted by molar-refractivity contribution is 0.132. The van der Waals surface area contributed by atoms with Crippen molar-refractivity contribution in [1.82, 2.24) is 10.3 Å². The highest BCUT2D eigenvalue weighted by Crippen LogP contribution is 2.33. The number of nitrogens with one attached hydrogen (secondary N) is 1. The Bertz CT molecular complexity index is 895. The van der Waals surface area contributed by atoms with Crippen LogP contribution in [0.5, 0.6) is 5.75 Å². The van der Waals surface area contributed by atoms with Gasteiger partial charge in [0.25, 0.3) is 0 Å². The maximum Gasteiger partial charge on any atom is 0.123 e. The fraction of sp³-hybridized carbons (Fsp3) is 0.227. The molecule has 2 heterocycles. The van der Waals surface area contributed by atoms with E-state index in [2.05, 4.69) is 22.4 Å². The summed E-state index contributed by atoms with van der Waals surface area (Å²) in [4.78, 5) is 4.40. The summed E-state index contributed by atoms with van der Waals surface area (Å²) in [6, 6.07) is 16.8. The molecule has 26 heavy (non-hydrogen) atoms. The summed E-state index contributed by atoms with van der Waals surface area (Å²) in [5, 5.41) is 3.38. The van der Waals surface area contributed by atoms with Gasteiger partial charge in [0.15, 0.2) is 0 Å². The maximum absolute atomic E-state index is 13.2. The highest BCUT2D eigenvalue weighted by atomic mass is 19.1. The van der Waals surface area contributed by atoms with E-state index in [1.54, 1.807) is 18.3 Å². The largest absolute Gasteiger partial charge is 0.488 e. The molecule has 1 aliphatic rings. The van der Waals surface area contributed by atoms with E-state index in [0.717, 1.165) is 35.3 Å². The van der Waals surface area contributed by atoms with Crippen LogP contribution < -0.4 is 10.1 Å². The van der Waals surface area contributed by atoms with E-state index >= 15 is 0 Å². The van der Waals surface area contributed by atoms with E-state index in [-0.39, 0.29) is 18.0 Å². The predicted octanol–water partition coefficient (Wildman–Crippen LogP) is 4.54. The molecule has 2 atom stereocenters. The third-order valence-corrected chi connectivity index (χ3v) is 4.93. The van der Waals surface area contributed by atoms with Crippen LogP contribution in [0.4, 0.5) is 4.39 Å². The molecule has 2 aromatic carbocycles. The Morgan fingerprint density at radius 3 is 2.69 bits per heavy atom. The van der Waals surface area contributed by atoms with Gasteiger partial charge >= 0.3 is 0 Å². The van der Waals surface area contributed by atoms with Crippen molar-refractivity contribution in [2.45, 2.75) is 25.0 Å². The zero-order valence-electron chi connectivity index (χ0n) is 14.7. The molecule has 0 spiro atoms. The number of hydrogen-bond acceptors (Lipinski definition) is 3. The number of hydrogen-bond donors (Lipinski definition) is 1. The molecule has 1 aliphatic heterocycles. The number of halogens is 1. The van der Waals surface area contributed by atoms with Crippen LogP contribution in [0.2, 0.25) is 0 Å². The molecular formula is C22H21FN2O. The SMILES string of the molecule is CN[C@H](c1cncc(-c2ccc(F)cc2)c1)[C@H]1CCc2ccccc2O1. The van der Waals surface area contributed by atoms with Crippen molar-refractivity contribution >= 4 is 0 Å². The van der Waals surface area contributed by atoms with E-state index < -0.39 is 0 Å². The highest BCUT2D eigenvalue weighted by Gasteiger charge is 2.28. The van der Waals surface area contributed by atoms with Crippen molar-refractivity contribution in [3.05, 3.63) is 83.9 Å². The lowest BCUT2D eigenvalue weighted by Crippen LogP contribution is -2.36. The van der Waals surface area contributed by atoms with Crippen molar-refractivity contribution in [3.8, 4) is 16.9 Å². The molecule has 0 saturated heterocycles. The van der Waals surface area contributed by atoms with Gasteiger partial charge in [-0.2, -0.15) is 0 Å². The maximum atomic E-state index is 13.2. The van der Waals surface area contributed by atoms with Crippen molar-refractivity contribution in [2.24, 2.45) is 0 Å². The monoisotopic (exact) mass is 348 g/mol. The van der Waals surface area contributed by atoms with Gasteiger partial charge < -0.3 is 10.1 Å². The zero-order valence-corrected chi connectivity index (χ0v) is 14.7. The number of pyridine rings is 1. The highest BCUT2D eigenvalue weighted by molar-refractivity contribution is 5.63. The molecule has 0 amide bonds. The summed E-state index contributed by atoms with van der Waals surface area (Å²) < 4.78 is 19.4. The van der Waals surface area contributed by atoms with Crippen molar-refractivity contribution < 1.29 is 9.13 Å². The second-order valence-electron chi connectivity index (χ2n) is 6.58. The second-order valence-corrected chi connectivity index (χ2v) is 6.58. The molecule has 0 bridgehead atoms. The quantitative estimate of drug-likeness (QED) is 0.751. The Morgan fingerprint density at radius 1 is 1.08 bits per heavy atom. The summed E-state index contributed by atoms with van der Waals surface area (Å²) in [5.41, 5.74) is 4.25. The van der Waals surface area contributed by atoms with E-state index in [4.69, 9.17) is 4.74 Å². The van der Waals surface area contributed by atoms with Crippen molar-refractivity contribution in [1.29, 1.82) is 0 Å². The van der Waals surface area contributed by atoms with Gasteiger partial charge in [0.2, 0.25) is 0 Å². The minimum absolute atomic E-state index is 0.0382. The van der Waals surface area contributed by atoms with Crippen LogP contribution >= 0.6 is 0 Å². The topological polar surface area (TPSA) is 34.2 Å². The van der Waals surface area contributed by atoms with E-state index in [1.807, 2.05) is 31.4 Å². The van der Waals surface area contributed by atoms with Gasteiger partial charge in [-0.3, -0.25) is 4.98 Å². The average Bonchev–Trinajstić information content (AvgIpc) is 2.69. The number of aromatic nitrogens is 1. The van der Waals surface area contributed by atoms with Gasteiger partial charge in [-0.15, -0.1) is 0 Å². The molecule has 1 aromatic heterocycles. The molecule has 0 fully saturated rings. The molecule has 132 valence electrons. The van der Waals surface area contributed by atoms with E-state index in [1.165, 1.54) is 17.7 Å². The van der Waals surface area contributed by atoms with Crippen LogP contribution in [0.1, 0.15) is 23.6 Å². The van der Waals surface area contributed by atoms with Crippen molar-refractivity contribution in [3.63, 3.8) is 0 Å². The molecule has 3 nitrogen and oxygen atoms in total.